The molecule has 0 heterocycles. The first kappa shape index (κ1) is 7.09. The number of hydrogen-bond donors (Lipinski definition) is 0. The van der Waals surface area contributed by atoms with Crippen LogP contribution in [0.25, 0.3) is 0 Å². The van der Waals surface area contributed by atoms with Gasteiger partial charge in [0.2, 0.25) is 0 Å². The topological polar surface area (TPSA) is 0 Å². The highest BCUT2D eigenvalue weighted by molar-refractivity contribution is 7.79. The van der Waals surface area contributed by atoms with E-state index < -0.39 is 0 Å². The Bertz CT molecular complexity index is 46.1. The number of rotatable bonds is 3. The zero-order valence-corrected chi connectivity index (χ0v) is 5.79. The summed E-state index contributed by atoms with van der Waals surface area (Å²) >= 11 is 4.75. The Morgan fingerprint density at radius 3 is 1.86 bits per heavy atom. The van der Waals surface area contributed by atoms with Crippen molar-refractivity contribution in [3.8, 4) is 0 Å². The summed E-state index contributed by atoms with van der Waals surface area (Å²) in [5.41, 5.74) is 0. The molecule has 0 spiro atoms. The first-order chi connectivity index (χ1) is 3.35. The molecule has 0 saturated heterocycles. The highest BCUT2D eigenvalue weighted by Crippen LogP contribution is 2.02. The Balaban J connectivity index is 3.16. The van der Waals surface area contributed by atoms with Crippen molar-refractivity contribution in [3.63, 3.8) is 0 Å². The third-order valence-electron chi connectivity index (χ3n) is 1.24. The lowest BCUT2D eigenvalue weighted by Gasteiger charge is -1.99. The van der Waals surface area contributed by atoms with E-state index in [4.69, 9.17) is 12.2 Å². The fraction of sp³-hybridized carbons (Fsp3) is 0.833. The van der Waals surface area contributed by atoms with Crippen LogP contribution in [0.5, 0.6) is 0 Å². The Labute approximate surface area is 50.9 Å². The van der Waals surface area contributed by atoms with Crippen LogP contribution >= 0.6 is 12.2 Å². The molecular weight excluding hydrogens is 104 g/mol. The zero-order chi connectivity index (χ0) is 5.70. The average molecular weight is 116 g/mol. The summed E-state index contributed by atoms with van der Waals surface area (Å²) in [6, 6.07) is 0. The van der Waals surface area contributed by atoms with Gasteiger partial charge >= 0.3 is 0 Å². The molecule has 0 unspecified atom stereocenters. The summed E-state index contributed by atoms with van der Waals surface area (Å²) in [6.45, 7) is 4.33. The van der Waals surface area contributed by atoms with E-state index in [1.165, 1.54) is 12.8 Å². The van der Waals surface area contributed by atoms with Crippen LogP contribution in [0.2, 0.25) is 0 Å². The Hall–Kier alpha value is 0.0900. The van der Waals surface area contributed by atoms with Crippen molar-refractivity contribution in [2.75, 3.05) is 0 Å². The Kier molecular flexibility index (Phi) is 4.31. The van der Waals surface area contributed by atoms with Gasteiger partial charge in [-0.3, -0.25) is 0 Å². The van der Waals surface area contributed by atoms with Crippen LogP contribution in [-0.2, 0) is 0 Å². The molecule has 0 aliphatic heterocycles. The molecule has 0 radical (unpaired) electrons. The van der Waals surface area contributed by atoms with Crippen LogP contribution in [0, 0.1) is 5.92 Å². The molecule has 0 aliphatic carbocycles. The van der Waals surface area contributed by atoms with E-state index in [2.05, 4.69) is 13.8 Å². The van der Waals surface area contributed by atoms with Gasteiger partial charge < -0.3 is 0 Å². The Morgan fingerprint density at radius 2 is 1.86 bits per heavy atom. The van der Waals surface area contributed by atoms with Crippen LogP contribution in [0.15, 0.2) is 0 Å². The number of hydrogen-bond acceptors (Lipinski definition) is 1. The van der Waals surface area contributed by atoms with Crippen molar-refractivity contribution >= 4 is 17.6 Å². The SMILES string of the molecule is CCC(C=S)CC. The van der Waals surface area contributed by atoms with Crippen molar-refractivity contribution in [2.45, 2.75) is 26.7 Å². The minimum atomic E-state index is 0.676. The van der Waals surface area contributed by atoms with Crippen molar-refractivity contribution < 1.29 is 0 Å². The standard InChI is InChI=1S/C6H12S/c1-3-6(4-2)5-7/h5-6H,3-4H2,1-2H3. The van der Waals surface area contributed by atoms with Gasteiger partial charge in [-0.05, 0) is 24.1 Å². The normalized spacial score (nSPS) is 9.57. The minimum absolute atomic E-state index is 0.676. The second-order valence-corrected chi connectivity index (χ2v) is 1.98. The zero-order valence-electron chi connectivity index (χ0n) is 4.98. The molecule has 0 aromatic heterocycles. The molecule has 0 aromatic carbocycles. The maximum Gasteiger partial charge on any atom is -0.0134 e. The van der Waals surface area contributed by atoms with Crippen LogP contribution in [0.4, 0.5) is 0 Å². The highest BCUT2D eigenvalue weighted by Gasteiger charge is 1.93. The monoisotopic (exact) mass is 116 g/mol. The summed E-state index contributed by atoms with van der Waals surface area (Å²) in [6.07, 6.45) is 2.39. The van der Waals surface area contributed by atoms with Gasteiger partial charge in [-0.25, -0.2) is 0 Å². The molecule has 42 valence electrons. The molecule has 0 aliphatic rings. The van der Waals surface area contributed by atoms with Crippen LogP contribution in [-0.4, -0.2) is 5.37 Å². The van der Waals surface area contributed by atoms with E-state index >= 15 is 0 Å². The second-order valence-electron chi connectivity index (χ2n) is 1.71. The molecule has 0 aromatic rings. The first-order valence-electron chi connectivity index (χ1n) is 2.80. The third kappa shape index (κ3) is 2.75. The summed E-state index contributed by atoms with van der Waals surface area (Å²) < 4.78 is 0. The number of thiocarbonyl (C=S) groups is 1. The maximum atomic E-state index is 4.75. The maximum absolute atomic E-state index is 4.75. The fourth-order valence-electron chi connectivity index (χ4n) is 0.481. The smallest absolute Gasteiger partial charge is 0.0134 e. The van der Waals surface area contributed by atoms with Crippen molar-refractivity contribution in [1.82, 2.24) is 0 Å². The van der Waals surface area contributed by atoms with E-state index in [1.807, 2.05) is 5.37 Å². The minimum Gasteiger partial charge on any atom is -0.0932 e. The fourth-order valence-corrected chi connectivity index (χ4v) is 0.866. The predicted octanol–water partition coefficient (Wildman–Crippen LogP) is 2.42. The van der Waals surface area contributed by atoms with E-state index in [0.717, 1.165) is 0 Å². The van der Waals surface area contributed by atoms with Gasteiger partial charge in [0.1, 0.15) is 0 Å². The van der Waals surface area contributed by atoms with E-state index in [1.54, 1.807) is 0 Å². The molecular formula is C6H12S. The van der Waals surface area contributed by atoms with Crippen LogP contribution in [0.1, 0.15) is 26.7 Å². The van der Waals surface area contributed by atoms with Gasteiger partial charge in [0.05, 0.1) is 0 Å². The van der Waals surface area contributed by atoms with E-state index in [-0.39, 0.29) is 0 Å². The largest absolute Gasteiger partial charge is 0.0932 e. The molecule has 0 nitrogen and oxygen atoms in total. The lowest BCUT2D eigenvalue weighted by molar-refractivity contribution is 0.661. The quantitative estimate of drug-likeness (QED) is 0.510. The summed E-state index contributed by atoms with van der Waals surface area (Å²) in [5.74, 6) is 0.676. The molecule has 0 amide bonds. The van der Waals surface area contributed by atoms with Crippen LogP contribution in [0.3, 0.4) is 0 Å². The van der Waals surface area contributed by atoms with Crippen LogP contribution < -0.4 is 0 Å². The van der Waals surface area contributed by atoms with Crippen molar-refractivity contribution in [2.24, 2.45) is 5.92 Å². The highest BCUT2D eigenvalue weighted by atomic mass is 32.1. The molecule has 0 N–H and O–H groups in total. The van der Waals surface area contributed by atoms with Gasteiger partial charge in [0.25, 0.3) is 0 Å². The third-order valence-corrected chi connectivity index (χ3v) is 1.63. The molecule has 7 heavy (non-hydrogen) atoms. The second kappa shape index (κ2) is 4.25. The van der Waals surface area contributed by atoms with Gasteiger partial charge in [-0.15, -0.1) is 0 Å². The molecule has 0 bridgehead atoms. The van der Waals surface area contributed by atoms with E-state index in [9.17, 15) is 0 Å². The molecule has 0 rings (SSSR count). The summed E-state index contributed by atoms with van der Waals surface area (Å²) in [5, 5.41) is 1.86. The lowest BCUT2D eigenvalue weighted by Crippen LogP contribution is -1.93. The molecule has 0 fully saturated rings. The van der Waals surface area contributed by atoms with Gasteiger partial charge in [0, 0.05) is 0 Å². The lowest BCUT2D eigenvalue weighted by atomic mass is 10.1. The van der Waals surface area contributed by atoms with Crippen molar-refractivity contribution in [1.29, 1.82) is 0 Å². The van der Waals surface area contributed by atoms with Gasteiger partial charge in [0.15, 0.2) is 0 Å². The summed E-state index contributed by atoms with van der Waals surface area (Å²) in [4.78, 5) is 0. The predicted molar refractivity (Wildman–Crippen MR) is 37.7 cm³/mol. The molecule has 1 heteroatoms. The van der Waals surface area contributed by atoms with Crippen molar-refractivity contribution in [3.05, 3.63) is 0 Å². The molecule has 0 atom stereocenters. The Morgan fingerprint density at radius 1 is 1.43 bits per heavy atom. The van der Waals surface area contributed by atoms with Gasteiger partial charge in [-0.1, -0.05) is 26.1 Å². The average Bonchev–Trinajstić information content (AvgIpc) is 1.72. The molecule has 0 saturated carbocycles. The summed E-state index contributed by atoms with van der Waals surface area (Å²) in [7, 11) is 0. The van der Waals surface area contributed by atoms with E-state index in [0.29, 0.717) is 5.92 Å². The first-order valence-corrected chi connectivity index (χ1v) is 3.27. The van der Waals surface area contributed by atoms with Gasteiger partial charge in [-0.2, -0.15) is 0 Å².